The Balaban J connectivity index is 1.62. The first-order valence-electron chi connectivity index (χ1n) is 11.3. The summed E-state index contributed by atoms with van der Waals surface area (Å²) in [7, 11) is 0. The zero-order valence-electron chi connectivity index (χ0n) is 17.4. The maximum atomic E-state index is 12.8. The number of halogens is 1. The third kappa shape index (κ3) is 8.17. The Morgan fingerprint density at radius 1 is 1.07 bits per heavy atom. The van der Waals surface area contributed by atoms with Crippen molar-refractivity contribution in [3.63, 3.8) is 0 Å². The number of allylic oxidation sites excluding steroid dienone is 4. The average molecular weight is 390 g/mol. The summed E-state index contributed by atoms with van der Waals surface area (Å²) in [6, 6.07) is 1.47. The van der Waals surface area contributed by atoms with E-state index in [1.165, 1.54) is 57.1 Å². The van der Waals surface area contributed by atoms with E-state index in [-0.39, 0.29) is 18.0 Å². The van der Waals surface area contributed by atoms with E-state index in [0.717, 1.165) is 44.4 Å². The fraction of sp³-hybridized carbons (Fsp3) is 0.750. The summed E-state index contributed by atoms with van der Waals surface area (Å²) < 4.78 is 18.6. The number of nitrogens with zero attached hydrogens (tertiary/aromatic N) is 1. The number of unbranched alkanes of at least 4 members (excludes halogenated alkanes) is 3. The first kappa shape index (κ1) is 22.7. The van der Waals surface area contributed by atoms with Gasteiger partial charge in [-0.2, -0.15) is 9.65 Å². The molecule has 0 aromatic rings. The standard InChI is InChI=1S/C24H36FNO2/c1-2-3-4-5-7-19-10-14-21(15-11-19)24(27)28-23-16-12-20(13-17-23)8-6-9-22(25)18-26/h6,8-9,19-21,23H,2-5,7,10-17H2,1H3/t19-,20-,21-,23-. The van der Waals surface area contributed by atoms with Crippen LogP contribution in [-0.2, 0) is 9.53 Å². The van der Waals surface area contributed by atoms with Crippen LogP contribution in [0.2, 0.25) is 0 Å². The van der Waals surface area contributed by atoms with Crippen LogP contribution in [0.4, 0.5) is 4.39 Å². The van der Waals surface area contributed by atoms with Crippen LogP contribution in [0, 0.1) is 29.1 Å². The van der Waals surface area contributed by atoms with Gasteiger partial charge in [-0.25, -0.2) is 0 Å². The van der Waals surface area contributed by atoms with Crippen LogP contribution in [0.15, 0.2) is 24.1 Å². The summed E-state index contributed by atoms with van der Waals surface area (Å²) in [5.74, 6) is 0.532. The molecule has 0 radical (unpaired) electrons. The average Bonchev–Trinajstić information content (AvgIpc) is 2.72. The lowest BCUT2D eigenvalue weighted by Gasteiger charge is -2.31. The molecule has 0 atom stereocenters. The van der Waals surface area contributed by atoms with E-state index < -0.39 is 5.83 Å². The first-order valence-corrected chi connectivity index (χ1v) is 11.3. The molecular weight excluding hydrogens is 353 g/mol. The maximum Gasteiger partial charge on any atom is 0.309 e. The normalized spacial score (nSPS) is 28.8. The van der Waals surface area contributed by atoms with Crippen molar-refractivity contribution in [2.75, 3.05) is 0 Å². The lowest BCUT2D eigenvalue weighted by molar-refractivity contribution is -0.157. The Bertz CT molecular complexity index is 562. The molecule has 0 bridgehead atoms. The number of esters is 1. The number of nitriles is 1. The van der Waals surface area contributed by atoms with Crippen LogP contribution in [0.25, 0.3) is 0 Å². The Labute approximate surface area is 170 Å². The molecule has 4 heteroatoms. The van der Waals surface area contributed by atoms with Gasteiger partial charge < -0.3 is 4.74 Å². The van der Waals surface area contributed by atoms with Gasteiger partial charge in [0.2, 0.25) is 0 Å². The fourth-order valence-electron chi connectivity index (χ4n) is 4.54. The predicted molar refractivity (Wildman–Crippen MR) is 110 cm³/mol. The molecule has 0 saturated heterocycles. The van der Waals surface area contributed by atoms with Gasteiger partial charge >= 0.3 is 5.97 Å². The van der Waals surface area contributed by atoms with Gasteiger partial charge in [0.1, 0.15) is 12.2 Å². The monoisotopic (exact) mass is 389 g/mol. The van der Waals surface area contributed by atoms with Gasteiger partial charge in [-0.05, 0) is 69.3 Å². The van der Waals surface area contributed by atoms with Gasteiger partial charge in [-0.1, -0.05) is 51.2 Å². The molecule has 0 heterocycles. The molecular formula is C24H36FNO2. The predicted octanol–water partition coefficient (Wildman–Crippen LogP) is 6.80. The minimum atomic E-state index is -0.769. The van der Waals surface area contributed by atoms with Gasteiger partial charge in [0, 0.05) is 0 Å². The maximum absolute atomic E-state index is 12.8. The van der Waals surface area contributed by atoms with Crippen molar-refractivity contribution in [1.29, 1.82) is 5.26 Å². The Morgan fingerprint density at radius 3 is 2.43 bits per heavy atom. The quantitative estimate of drug-likeness (QED) is 0.189. The van der Waals surface area contributed by atoms with Gasteiger partial charge in [-0.3, -0.25) is 4.79 Å². The van der Waals surface area contributed by atoms with Gasteiger partial charge in [0.25, 0.3) is 0 Å². The Hall–Kier alpha value is -1.63. The SMILES string of the molecule is CCCCCC[C@H]1CC[C@H](C(=O)O[C@H]2CC[C@H](C=CC=C(F)C#N)CC2)CC1. The molecule has 2 aliphatic rings. The highest BCUT2D eigenvalue weighted by molar-refractivity contribution is 5.72. The van der Waals surface area contributed by atoms with Crippen LogP contribution in [0.5, 0.6) is 0 Å². The molecule has 0 aromatic carbocycles. The van der Waals surface area contributed by atoms with Crippen molar-refractivity contribution in [3.05, 3.63) is 24.1 Å². The van der Waals surface area contributed by atoms with Crippen molar-refractivity contribution >= 4 is 5.97 Å². The molecule has 3 nitrogen and oxygen atoms in total. The molecule has 28 heavy (non-hydrogen) atoms. The lowest BCUT2D eigenvalue weighted by atomic mass is 9.79. The van der Waals surface area contributed by atoms with E-state index in [9.17, 15) is 9.18 Å². The highest BCUT2D eigenvalue weighted by Gasteiger charge is 2.30. The Morgan fingerprint density at radius 2 is 1.79 bits per heavy atom. The van der Waals surface area contributed by atoms with Gasteiger partial charge in [0.15, 0.2) is 5.83 Å². The minimum Gasteiger partial charge on any atom is -0.462 e. The van der Waals surface area contributed by atoms with Crippen LogP contribution in [0.1, 0.15) is 90.4 Å². The van der Waals surface area contributed by atoms with Crippen LogP contribution in [0.3, 0.4) is 0 Å². The third-order valence-electron chi connectivity index (χ3n) is 6.38. The van der Waals surface area contributed by atoms with Crippen molar-refractivity contribution in [3.8, 4) is 6.07 Å². The zero-order chi connectivity index (χ0) is 20.2. The van der Waals surface area contributed by atoms with Crippen LogP contribution in [-0.4, -0.2) is 12.1 Å². The van der Waals surface area contributed by atoms with Crippen molar-refractivity contribution in [2.45, 2.75) is 96.5 Å². The summed E-state index contributed by atoms with van der Waals surface area (Å²) in [5.41, 5.74) is 0. The smallest absolute Gasteiger partial charge is 0.309 e. The molecule has 0 spiro atoms. The van der Waals surface area contributed by atoms with Crippen molar-refractivity contribution < 1.29 is 13.9 Å². The second kappa shape index (κ2) is 12.8. The number of carbonyl (C=O) groups excluding carboxylic acids is 1. The highest BCUT2D eigenvalue weighted by atomic mass is 19.1. The molecule has 0 aromatic heterocycles. The Kier molecular flexibility index (Phi) is 10.3. The summed E-state index contributed by atoms with van der Waals surface area (Å²) in [4.78, 5) is 12.5. The molecule has 0 unspecified atom stereocenters. The molecule has 2 aliphatic carbocycles. The molecule has 2 saturated carbocycles. The van der Waals surface area contributed by atoms with E-state index in [2.05, 4.69) is 6.92 Å². The number of hydrogen-bond acceptors (Lipinski definition) is 3. The van der Waals surface area contributed by atoms with E-state index in [0.29, 0.717) is 5.92 Å². The molecule has 2 rings (SSSR count). The highest BCUT2D eigenvalue weighted by Crippen LogP contribution is 2.34. The molecule has 0 N–H and O–H groups in total. The number of ether oxygens (including phenoxy) is 1. The summed E-state index contributed by atoms with van der Waals surface area (Å²) >= 11 is 0. The summed E-state index contributed by atoms with van der Waals surface area (Å²) in [6.07, 6.45) is 19.4. The molecule has 0 amide bonds. The topological polar surface area (TPSA) is 50.1 Å². The number of carbonyl (C=O) groups is 1. The molecule has 2 fully saturated rings. The van der Waals surface area contributed by atoms with E-state index >= 15 is 0 Å². The van der Waals surface area contributed by atoms with Crippen molar-refractivity contribution in [1.82, 2.24) is 0 Å². The summed E-state index contributed by atoms with van der Waals surface area (Å²) in [5, 5.41) is 8.39. The number of rotatable bonds is 9. The second-order valence-electron chi connectivity index (χ2n) is 8.55. The van der Waals surface area contributed by atoms with E-state index in [1.54, 1.807) is 6.08 Å². The van der Waals surface area contributed by atoms with Crippen LogP contribution >= 0.6 is 0 Å². The van der Waals surface area contributed by atoms with Gasteiger partial charge in [0.05, 0.1) is 5.92 Å². The van der Waals surface area contributed by atoms with E-state index in [1.807, 2.05) is 6.08 Å². The summed E-state index contributed by atoms with van der Waals surface area (Å²) in [6.45, 7) is 2.25. The third-order valence-corrected chi connectivity index (χ3v) is 6.38. The molecule has 0 aliphatic heterocycles. The van der Waals surface area contributed by atoms with E-state index in [4.69, 9.17) is 10.00 Å². The second-order valence-corrected chi connectivity index (χ2v) is 8.55. The minimum absolute atomic E-state index is 0.0162. The molecule has 156 valence electrons. The fourth-order valence-corrected chi connectivity index (χ4v) is 4.54. The number of hydrogen-bond donors (Lipinski definition) is 0. The van der Waals surface area contributed by atoms with Gasteiger partial charge in [-0.15, -0.1) is 0 Å². The largest absolute Gasteiger partial charge is 0.462 e. The first-order chi connectivity index (χ1) is 13.6. The van der Waals surface area contributed by atoms with Crippen molar-refractivity contribution in [2.24, 2.45) is 17.8 Å². The van der Waals surface area contributed by atoms with Crippen LogP contribution < -0.4 is 0 Å². The lowest BCUT2D eigenvalue weighted by Crippen LogP contribution is -2.29. The zero-order valence-corrected chi connectivity index (χ0v) is 17.4.